The highest BCUT2D eigenvalue weighted by molar-refractivity contribution is 8.00. The lowest BCUT2D eigenvalue weighted by Crippen LogP contribution is -2.71. The van der Waals surface area contributed by atoms with Crippen molar-refractivity contribution in [3.63, 3.8) is 0 Å². The standard InChI is InChI=1S/C35H35N5O9S2/c1-5-20-18-50-32-27(31(44)40(32)28(20)33(45)46-16-25(42)49-35(2,3)4)38-30(43)26(23-19-51-34(36)37-23)39-47-17-24(41)48-29(21-12-8-6-9-13-21)22-14-10-7-11-15-22/h5-15,19,27,29,32H,1,16-18H2,2-4H3,(H2,36,37)(H,38,43)/t27?,32-/m1/s1. The lowest BCUT2D eigenvalue weighted by molar-refractivity contribution is -0.166. The van der Waals surface area contributed by atoms with E-state index < -0.39 is 66.1 Å². The highest BCUT2D eigenvalue weighted by Crippen LogP contribution is 2.41. The van der Waals surface area contributed by atoms with Crippen molar-refractivity contribution in [1.82, 2.24) is 15.2 Å². The number of nitrogens with two attached hydrogens (primary N) is 1. The fraction of sp³-hybridized carbons (Fsp3) is 0.286. The molecule has 16 heteroatoms. The Bertz CT molecular complexity index is 1830. The minimum atomic E-state index is -1.08. The second-order valence-corrected chi connectivity index (χ2v) is 14.1. The molecule has 0 bridgehead atoms. The molecular formula is C35H35N5O9S2. The van der Waals surface area contributed by atoms with Crippen LogP contribution in [0.3, 0.4) is 0 Å². The summed E-state index contributed by atoms with van der Waals surface area (Å²) in [5.74, 6) is -3.61. The molecule has 2 aliphatic heterocycles. The van der Waals surface area contributed by atoms with Crippen LogP contribution in [0, 0.1) is 0 Å². The predicted octanol–water partition coefficient (Wildman–Crippen LogP) is 3.50. The number of nitrogens with zero attached hydrogens (tertiary/aromatic N) is 3. The van der Waals surface area contributed by atoms with E-state index in [4.69, 9.17) is 24.8 Å². The van der Waals surface area contributed by atoms with E-state index in [0.717, 1.165) is 22.5 Å². The number of oxime groups is 1. The number of hydrogen-bond acceptors (Lipinski definition) is 14. The molecule has 266 valence electrons. The Labute approximate surface area is 301 Å². The monoisotopic (exact) mass is 733 g/mol. The molecule has 3 N–H and O–H groups in total. The van der Waals surface area contributed by atoms with Gasteiger partial charge in [0.25, 0.3) is 11.8 Å². The molecule has 2 aromatic carbocycles. The summed E-state index contributed by atoms with van der Waals surface area (Å²) >= 11 is 2.33. The number of β-lactam (4-membered cyclic amide) rings is 1. The normalized spacial score (nSPS) is 17.2. The summed E-state index contributed by atoms with van der Waals surface area (Å²) in [5, 5.41) is 7.44. The summed E-state index contributed by atoms with van der Waals surface area (Å²) in [6, 6.07) is 17.3. The van der Waals surface area contributed by atoms with Crippen LogP contribution in [-0.4, -0.2) is 81.3 Å². The predicted molar refractivity (Wildman–Crippen MR) is 189 cm³/mol. The number of benzene rings is 2. The van der Waals surface area contributed by atoms with Gasteiger partial charge in [0.2, 0.25) is 6.61 Å². The average molecular weight is 734 g/mol. The third-order valence-electron chi connectivity index (χ3n) is 7.24. The zero-order chi connectivity index (χ0) is 36.7. The van der Waals surface area contributed by atoms with Crippen molar-refractivity contribution in [1.29, 1.82) is 0 Å². The summed E-state index contributed by atoms with van der Waals surface area (Å²) in [4.78, 5) is 75.7. The summed E-state index contributed by atoms with van der Waals surface area (Å²) in [5.41, 5.74) is 6.56. The summed E-state index contributed by atoms with van der Waals surface area (Å²) in [6.45, 7) is 7.45. The SMILES string of the molecule is C=CC1=C(C(=O)OCC(=O)OC(C)(C)C)N2C(=O)C(NC(=O)C(=NOCC(=O)OC(c3ccccc3)c3ccccc3)c3csc(N)n3)[C@H]2SC1. The van der Waals surface area contributed by atoms with E-state index in [0.29, 0.717) is 5.57 Å². The first-order chi connectivity index (χ1) is 24.4. The van der Waals surface area contributed by atoms with Crippen LogP contribution in [0.4, 0.5) is 5.13 Å². The van der Waals surface area contributed by atoms with E-state index in [1.807, 2.05) is 60.7 Å². The van der Waals surface area contributed by atoms with Crippen molar-refractivity contribution in [2.45, 2.75) is 43.9 Å². The minimum absolute atomic E-state index is 0.0509. The number of nitrogen functional groups attached to an aromatic ring is 1. The Morgan fingerprint density at radius 1 is 1.06 bits per heavy atom. The molecule has 51 heavy (non-hydrogen) atoms. The minimum Gasteiger partial charge on any atom is -0.457 e. The number of hydrogen-bond donors (Lipinski definition) is 2. The van der Waals surface area contributed by atoms with Crippen molar-refractivity contribution < 1.29 is 43.0 Å². The van der Waals surface area contributed by atoms with Gasteiger partial charge in [-0.2, -0.15) is 0 Å². The fourth-order valence-electron chi connectivity index (χ4n) is 5.06. The summed E-state index contributed by atoms with van der Waals surface area (Å²) in [6.07, 6.45) is 0.706. The first kappa shape index (κ1) is 36.8. The third kappa shape index (κ3) is 9.01. The number of aromatic nitrogens is 1. The molecule has 2 amide bonds. The number of thiazole rings is 1. The lowest BCUT2D eigenvalue weighted by atomic mass is 10.0. The second-order valence-electron chi connectivity index (χ2n) is 12.1. The smallest absolute Gasteiger partial charge is 0.355 e. The molecule has 1 saturated heterocycles. The summed E-state index contributed by atoms with van der Waals surface area (Å²) < 4.78 is 16.1. The number of thioether (sulfide) groups is 1. The van der Waals surface area contributed by atoms with Crippen LogP contribution >= 0.6 is 23.1 Å². The Kier molecular flexibility index (Phi) is 11.6. The van der Waals surface area contributed by atoms with Crippen LogP contribution in [0.15, 0.2) is 95.1 Å². The molecular weight excluding hydrogens is 699 g/mol. The third-order valence-corrected chi connectivity index (χ3v) is 9.21. The number of nitrogens with one attached hydrogen (secondary N) is 1. The number of ether oxygens (including phenoxy) is 3. The zero-order valence-electron chi connectivity index (χ0n) is 27.9. The highest BCUT2D eigenvalue weighted by atomic mass is 32.2. The quantitative estimate of drug-likeness (QED) is 0.0857. The number of amides is 2. The molecule has 0 saturated carbocycles. The van der Waals surface area contributed by atoms with Crippen molar-refractivity contribution in [3.8, 4) is 0 Å². The number of esters is 3. The van der Waals surface area contributed by atoms with Gasteiger partial charge in [0.1, 0.15) is 28.4 Å². The van der Waals surface area contributed by atoms with Crippen LogP contribution < -0.4 is 11.1 Å². The van der Waals surface area contributed by atoms with Gasteiger partial charge in [-0.25, -0.2) is 19.4 Å². The number of allylic oxidation sites excluding steroid dienone is 1. The molecule has 1 aromatic heterocycles. The molecule has 0 aliphatic carbocycles. The van der Waals surface area contributed by atoms with Crippen molar-refractivity contribution in [2.24, 2.45) is 5.16 Å². The van der Waals surface area contributed by atoms with Gasteiger partial charge in [-0.05, 0) is 37.5 Å². The van der Waals surface area contributed by atoms with Crippen LogP contribution in [0.5, 0.6) is 0 Å². The van der Waals surface area contributed by atoms with Gasteiger partial charge in [0.05, 0.1) is 0 Å². The number of fused-ring (bicyclic) bond motifs is 1. The zero-order valence-corrected chi connectivity index (χ0v) is 29.5. The Morgan fingerprint density at radius 3 is 2.27 bits per heavy atom. The maximum absolute atomic E-state index is 13.6. The Morgan fingerprint density at radius 2 is 1.71 bits per heavy atom. The van der Waals surface area contributed by atoms with E-state index in [9.17, 15) is 24.0 Å². The van der Waals surface area contributed by atoms with Crippen molar-refractivity contribution in [3.05, 3.63) is 107 Å². The van der Waals surface area contributed by atoms with Gasteiger partial charge in [-0.15, -0.1) is 23.1 Å². The molecule has 2 aliphatic rings. The molecule has 3 aromatic rings. The number of anilines is 1. The molecule has 0 radical (unpaired) electrons. The van der Waals surface area contributed by atoms with Crippen LogP contribution in [0.2, 0.25) is 0 Å². The molecule has 5 rings (SSSR count). The average Bonchev–Trinajstić information content (AvgIpc) is 3.54. The van der Waals surface area contributed by atoms with Gasteiger partial charge < -0.3 is 30.1 Å². The van der Waals surface area contributed by atoms with Crippen LogP contribution in [-0.2, 0) is 43.0 Å². The lowest BCUT2D eigenvalue weighted by Gasteiger charge is -2.49. The van der Waals surface area contributed by atoms with Crippen molar-refractivity contribution >= 4 is 63.7 Å². The number of carbonyl (C=O) groups excluding carboxylic acids is 5. The molecule has 2 atom stereocenters. The van der Waals surface area contributed by atoms with E-state index in [1.54, 1.807) is 20.8 Å². The number of carbonyl (C=O) groups is 5. The maximum Gasteiger partial charge on any atom is 0.355 e. The van der Waals surface area contributed by atoms with E-state index in [2.05, 4.69) is 22.0 Å². The van der Waals surface area contributed by atoms with Gasteiger partial charge in [0, 0.05) is 11.1 Å². The summed E-state index contributed by atoms with van der Waals surface area (Å²) in [7, 11) is 0. The van der Waals surface area contributed by atoms with E-state index in [1.165, 1.54) is 28.1 Å². The van der Waals surface area contributed by atoms with Gasteiger partial charge in [-0.3, -0.25) is 14.5 Å². The van der Waals surface area contributed by atoms with Gasteiger partial charge in [-0.1, -0.05) is 78.5 Å². The Hall–Kier alpha value is -5.48. The Balaban J connectivity index is 1.26. The number of rotatable bonds is 13. The van der Waals surface area contributed by atoms with Crippen LogP contribution in [0.25, 0.3) is 0 Å². The highest BCUT2D eigenvalue weighted by Gasteiger charge is 2.54. The first-order valence-electron chi connectivity index (χ1n) is 15.6. The van der Waals surface area contributed by atoms with Crippen LogP contribution in [0.1, 0.15) is 43.7 Å². The molecule has 1 fully saturated rings. The van der Waals surface area contributed by atoms with Crippen molar-refractivity contribution in [2.75, 3.05) is 24.7 Å². The molecule has 3 heterocycles. The van der Waals surface area contributed by atoms with E-state index >= 15 is 0 Å². The largest absolute Gasteiger partial charge is 0.457 e. The first-order valence-corrected chi connectivity index (χ1v) is 17.5. The van der Waals surface area contributed by atoms with Gasteiger partial charge >= 0.3 is 17.9 Å². The molecule has 0 spiro atoms. The maximum atomic E-state index is 13.6. The second kappa shape index (κ2) is 16.0. The topological polar surface area (TPSA) is 189 Å². The molecule has 1 unspecified atom stereocenters. The fourth-order valence-corrected chi connectivity index (χ4v) is 6.95. The van der Waals surface area contributed by atoms with Gasteiger partial charge in [0.15, 0.2) is 23.6 Å². The van der Waals surface area contributed by atoms with E-state index in [-0.39, 0.29) is 28.0 Å². The molecule has 14 nitrogen and oxygen atoms in total.